The second-order valence-electron chi connectivity index (χ2n) is 2.87. The molecule has 13 heavy (non-hydrogen) atoms. The first kappa shape index (κ1) is 12.0. The van der Waals surface area contributed by atoms with E-state index in [1.165, 1.54) is 6.08 Å². The number of hydrogen-bond acceptors (Lipinski definition) is 2. The van der Waals surface area contributed by atoms with E-state index >= 15 is 0 Å². The molecule has 0 aliphatic carbocycles. The molecule has 0 spiro atoms. The number of rotatable bonds is 4. The van der Waals surface area contributed by atoms with Crippen LogP contribution in [0, 0.1) is 0 Å². The molecule has 0 aromatic carbocycles. The summed E-state index contributed by atoms with van der Waals surface area (Å²) in [5.74, 6) is -0.472. The van der Waals surface area contributed by atoms with Crippen LogP contribution in [0.3, 0.4) is 0 Å². The van der Waals surface area contributed by atoms with Gasteiger partial charge in [0.1, 0.15) is 6.10 Å². The molecule has 0 fully saturated rings. The number of carbonyl (C=O) groups is 1. The second kappa shape index (κ2) is 5.64. The first-order valence-electron chi connectivity index (χ1n) is 3.82. The Balaban J connectivity index is 3.77. The highest BCUT2D eigenvalue weighted by Gasteiger charge is 2.16. The average molecular weight is 193 g/mol. The Morgan fingerprint density at radius 2 is 2.08 bits per heavy atom. The highest BCUT2D eigenvalue weighted by Crippen LogP contribution is 1.98. The van der Waals surface area contributed by atoms with Gasteiger partial charge in [0.05, 0.1) is 0 Å². The van der Waals surface area contributed by atoms with E-state index in [9.17, 15) is 13.6 Å². The lowest BCUT2D eigenvalue weighted by atomic mass is 10.3. The van der Waals surface area contributed by atoms with Crippen molar-refractivity contribution < 1.29 is 18.7 Å². The molecule has 0 aromatic heterocycles. The van der Waals surface area contributed by atoms with Gasteiger partial charge in [0.2, 0.25) is 5.91 Å². The smallest absolute Gasteiger partial charge is 0.265 e. The van der Waals surface area contributed by atoms with Crippen LogP contribution in [0.15, 0.2) is 11.6 Å². The molecule has 2 N–H and O–H groups in total. The quantitative estimate of drug-likeness (QED) is 0.645. The first-order valence-corrected chi connectivity index (χ1v) is 3.82. The summed E-state index contributed by atoms with van der Waals surface area (Å²) in [6.45, 7) is 2.99. The third-order valence-electron chi connectivity index (χ3n) is 1.20. The number of carbonyl (C=O) groups excluding carboxylic acids is 1. The van der Waals surface area contributed by atoms with Crippen molar-refractivity contribution in [2.75, 3.05) is 6.54 Å². The van der Waals surface area contributed by atoms with Crippen molar-refractivity contribution in [1.82, 2.24) is 5.32 Å². The van der Waals surface area contributed by atoms with Crippen molar-refractivity contribution in [3.8, 4) is 0 Å². The molecule has 1 atom stereocenters. The van der Waals surface area contributed by atoms with Gasteiger partial charge in [-0.15, -0.1) is 0 Å². The standard InChI is InChI=1S/C8H13F2NO2/c1-5(2)3-7(13)11-4-6(12)8(9)10/h3,6,8,12H,4H2,1-2H3,(H,11,13). The lowest BCUT2D eigenvalue weighted by Crippen LogP contribution is -2.35. The fraction of sp³-hybridized carbons (Fsp3) is 0.625. The van der Waals surface area contributed by atoms with Crippen LogP contribution in [-0.4, -0.2) is 30.1 Å². The number of aliphatic hydroxyl groups is 1. The molecule has 0 heterocycles. The summed E-state index contributed by atoms with van der Waals surface area (Å²) >= 11 is 0. The molecular formula is C8H13F2NO2. The van der Waals surface area contributed by atoms with Crippen molar-refractivity contribution >= 4 is 5.91 Å². The number of aliphatic hydroxyl groups excluding tert-OH is 1. The van der Waals surface area contributed by atoms with E-state index in [-0.39, 0.29) is 0 Å². The van der Waals surface area contributed by atoms with Crippen LogP contribution >= 0.6 is 0 Å². The molecule has 3 nitrogen and oxygen atoms in total. The number of halogens is 2. The average Bonchev–Trinajstić information content (AvgIpc) is 1.98. The molecule has 5 heteroatoms. The molecule has 1 amide bonds. The largest absolute Gasteiger partial charge is 0.385 e. The van der Waals surface area contributed by atoms with E-state index in [0.29, 0.717) is 0 Å². The Labute approximate surface area is 75.4 Å². The van der Waals surface area contributed by atoms with Crippen LogP contribution < -0.4 is 5.32 Å². The molecule has 0 saturated heterocycles. The minimum absolute atomic E-state index is 0.430. The van der Waals surface area contributed by atoms with E-state index in [4.69, 9.17) is 5.11 Å². The molecule has 76 valence electrons. The fourth-order valence-corrected chi connectivity index (χ4v) is 0.607. The summed E-state index contributed by atoms with van der Waals surface area (Å²) < 4.78 is 23.4. The van der Waals surface area contributed by atoms with Gasteiger partial charge in [0, 0.05) is 12.6 Å². The number of nitrogens with one attached hydrogen (secondary N) is 1. The molecule has 0 rings (SSSR count). The predicted octanol–water partition coefficient (Wildman–Crippen LogP) is 0.695. The zero-order valence-corrected chi connectivity index (χ0v) is 7.55. The molecule has 1 unspecified atom stereocenters. The molecule has 0 radical (unpaired) electrons. The van der Waals surface area contributed by atoms with Gasteiger partial charge in [-0.3, -0.25) is 4.79 Å². The lowest BCUT2D eigenvalue weighted by molar-refractivity contribution is -0.117. The van der Waals surface area contributed by atoms with Gasteiger partial charge in [-0.2, -0.15) is 0 Å². The van der Waals surface area contributed by atoms with Gasteiger partial charge in [-0.05, 0) is 13.8 Å². The molecule has 0 bridgehead atoms. The van der Waals surface area contributed by atoms with E-state index in [2.05, 4.69) is 5.32 Å². The maximum Gasteiger partial charge on any atom is 0.265 e. The maximum atomic E-state index is 11.7. The van der Waals surface area contributed by atoms with E-state index in [1.807, 2.05) is 0 Å². The normalized spacial score (nSPS) is 12.5. The summed E-state index contributed by atoms with van der Waals surface area (Å²) in [7, 11) is 0. The summed E-state index contributed by atoms with van der Waals surface area (Å²) in [6.07, 6.45) is -3.35. The lowest BCUT2D eigenvalue weighted by Gasteiger charge is -2.09. The van der Waals surface area contributed by atoms with Crippen molar-refractivity contribution in [1.29, 1.82) is 0 Å². The number of alkyl halides is 2. The Morgan fingerprint density at radius 1 is 1.54 bits per heavy atom. The van der Waals surface area contributed by atoms with E-state index < -0.39 is 25.0 Å². The van der Waals surface area contributed by atoms with E-state index in [0.717, 1.165) is 5.57 Å². The van der Waals surface area contributed by atoms with Crippen molar-refractivity contribution in [2.45, 2.75) is 26.4 Å². The molecule has 0 aromatic rings. The van der Waals surface area contributed by atoms with Crippen molar-refractivity contribution in [3.63, 3.8) is 0 Å². The van der Waals surface area contributed by atoms with Gasteiger partial charge in [-0.1, -0.05) is 5.57 Å². The first-order chi connectivity index (χ1) is 5.93. The van der Waals surface area contributed by atoms with Gasteiger partial charge in [-0.25, -0.2) is 8.78 Å². The Kier molecular flexibility index (Phi) is 5.22. The van der Waals surface area contributed by atoms with Crippen LogP contribution in [0.25, 0.3) is 0 Å². The monoisotopic (exact) mass is 193 g/mol. The molecular weight excluding hydrogens is 180 g/mol. The number of allylic oxidation sites excluding steroid dienone is 1. The third kappa shape index (κ3) is 6.21. The Morgan fingerprint density at radius 3 is 2.46 bits per heavy atom. The van der Waals surface area contributed by atoms with Crippen LogP contribution in [0.4, 0.5) is 8.78 Å². The zero-order chi connectivity index (χ0) is 10.4. The van der Waals surface area contributed by atoms with Crippen LogP contribution in [0.5, 0.6) is 0 Å². The minimum Gasteiger partial charge on any atom is -0.385 e. The molecule has 0 aliphatic heterocycles. The van der Waals surface area contributed by atoms with Crippen LogP contribution in [-0.2, 0) is 4.79 Å². The molecule has 0 aliphatic rings. The predicted molar refractivity (Wildman–Crippen MR) is 44.5 cm³/mol. The van der Waals surface area contributed by atoms with Gasteiger partial charge >= 0.3 is 0 Å². The third-order valence-corrected chi connectivity index (χ3v) is 1.20. The van der Waals surface area contributed by atoms with Crippen molar-refractivity contribution in [3.05, 3.63) is 11.6 Å². The van der Waals surface area contributed by atoms with E-state index in [1.54, 1.807) is 13.8 Å². The highest BCUT2D eigenvalue weighted by atomic mass is 19.3. The fourth-order valence-electron chi connectivity index (χ4n) is 0.607. The van der Waals surface area contributed by atoms with Gasteiger partial charge in [0.15, 0.2) is 0 Å². The van der Waals surface area contributed by atoms with Gasteiger partial charge in [0.25, 0.3) is 6.43 Å². The summed E-state index contributed by atoms with van der Waals surface area (Å²) in [5, 5.41) is 10.8. The second-order valence-corrected chi connectivity index (χ2v) is 2.87. The number of amides is 1. The highest BCUT2D eigenvalue weighted by molar-refractivity contribution is 5.88. The van der Waals surface area contributed by atoms with Crippen molar-refractivity contribution in [2.24, 2.45) is 0 Å². The topological polar surface area (TPSA) is 49.3 Å². The summed E-state index contributed by atoms with van der Waals surface area (Å²) in [5.41, 5.74) is 0.768. The molecule has 0 saturated carbocycles. The minimum atomic E-state index is -2.83. The Bertz CT molecular complexity index is 200. The summed E-state index contributed by atoms with van der Waals surface area (Å²) in [6, 6.07) is 0. The maximum absolute atomic E-state index is 11.7. The van der Waals surface area contributed by atoms with Crippen LogP contribution in [0.1, 0.15) is 13.8 Å². The zero-order valence-electron chi connectivity index (χ0n) is 7.55. The summed E-state index contributed by atoms with van der Waals surface area (Å²) in [4.78, 5) is 10.8. The number of hydrogen-bond donors (Lipinski definition) is 2. The Hall–Kier alpha value is -0.970. The van der Waals surface area contributed by atoms with Crippen LogP contribution in [0.2, 0.25) is 0 Å². The SMILES string of the molecule is CC(C)=CC(=O)NCC(O)C(F)F. The van der Waals surface area contributed by atoms with Gasteiger partial charge < -0.3 is 10.4 Å².